The standard InChI is InChI=1S/C21H23F2N3O4/c1-21(5-6-21)11-26-7-4-16(14(10-26)20(28)29)24-19(27)17-9-18(30-25-17)13-3-2-12(22)8-15(13)23/h2-3,8-9,14,16H,4-7,10-11H2,1H3,(H,24,27)(H,28,29)/t14-,16-/m1/s1. The van der Waals surface area contributed by atoms with Gasteiger partial charge in [0.1, 0.15) is 11.6 Å². The average molecular weight is 419 g/mol. The number of likely N-dealkylation sites (tertiary alicyclic amines) is 1. The van der Waals surface area contributed by atoms with Crippen molar-refractivity contribution < 1.29 is 28.0 Å². The second-order valence-corrected chi connectivity index (χ2v) is 8.56. The number of amides is 1. The molecule has 30 heavy (non-hydrogen) atoms. The van der Waals surface area contributed by atoms with Crippen LogP contribution >= 0.6 is 0 Å². The van der Waals surface area contributed by atoms with E-state index in [1.165, 1.54) is 12.1 Å². The summed E-state index contributed by atoms with van der Waals surface area (Å²) < 4.78 is 32.0. The molecule has 1 aliphatic heterocycles. The third-order valence-corrected chi connectivity index (χ3v) is 5.98. The number of hydrogen-bond donors (Lipinski definition) is 2. The number of carboxylic acids is 1. The molecule has 1 aliphatic carbocycles. The number of nitrogens with zero attached hydrogens (tertiary/aromatic N) is 2. The quantitative estimate of drug-likeness (QED) is 0.748. The molecule has 9 heteroatoms. The van der Waals surface area contributed by atoms with Crippen LogP contribution in [0.1, 0.15) is 36.7 Å². The Bertz CT molecular complexity index is 973. The molecule has 2 heterocycles. The van der Waals surface area contributed by atoms with Gasteiger partial charge in [0.25, 0.3) is 5.91 Å². The van der Waals surface area contributed by atoms with Gasteiger partial charge in [0.2, 0.25) is 0 Å². The number of carbonyl (C=O) groups is 2. The van der Waals surface area contributed by atoms with Crippen LogP contribution in [0.2, 0.25) is 0 Å². The summed E-state index contributed by atoms with van der Waals surface area (Å²) in [5.74, 6) is -3.85. The molecular weight excluding hydrogens is 396 g/mol. The predicted molar refractivity (Wildman–Crippen MR) is 103 cm³/mol. The van der Waals surface area contributed by atoms with Crippen LogP contribution in [0.15, 0.2) is 28.8 Å². The van der Waals surface area contributed by atoms with Crippen LogP contribution in [0.3, 0.4) is 0 Å². The van der Waals surface area contributed by atoms with E-state index in [9.17, 15) is 23.5 Å². The van der Waals surface area contributed by atoms with Gasteiger partial charge in [0.05, 0.1) is 11.5 Å². The Morgan fingerprint density at radius 2 is 2.10 bits per heavy atom. The van der Waals surface area contributed by atoms with Gasteiger partial charge in [-0.2, -0.15) is 0 Å². The number of nitrogens with one attached hydrogen (secondary N) is 1. The number of hydrogen-bond acceptors (Lipinski definition) is 5. The minimum Gasteiger partial charge on any atom is -0.481 e. The summed E-state index contributed by atoms with van der Waals surface area (Å²) in [7, 11) is 0. The van der Waals surface area contributed by atoms with Crippen molar-refractivity contribution in [3.63, 3.8) is 0 Å². The Morgan fingerprint density at radius 3 is 2.77 bits per heavy atom. The van der Waals surface area contributed by atoms with E-state index in [0.717, 1.165) is 25.5 Å². The maximum absolute atomic E-state index is 13.9. The fourth-order valence-electron chi connectivity index (χ4n) is 3.94. The zero-order chi connectivity index (χ0) is 21.5. The molecule has 0 spiro atoms. The van der Waals surface area contributed by atoms with Crippen molar-refractivity contribution in [3.8, 4) is 11.3 Å². The normalized spacial score (nSPS) is 23.2. The molecule has 1 saturated heterocycles. The van der Waals surface area contributed by atoms with Gasteiger partial charge in [-0.25, -0.2) is 8.78 Å². The first-order valence-electron chi connectivity index (χ1n) is 9.92. The minimum absolute atomic E-state index is 0.0140. The molecule has 1 amide bonds. The maximum atomic E-state index is 13.9. The third-order valence-electron chi connectivity index (χ3n) is 5.98. The van der Waals surface area contributed by atoms with Crippen molar-refractivity contribution in [1.29, 1.82) is 0 Å². The number of aliphatic carboxylic acids is 1. The zero-order valence-electron chi connectivity index (χ0n) is 16.5. The molecule has 2 atom stereocenters. The van der Waals surface area contributed by atoms with Gasteiger partial charge in [-0.1, -0.05) is 12.1 Å². The molecule has 2 aromatic rings. The van der Waals surface area contributed by atoms with E-state index in [-0.39, 0.29) is 22.4 Å². The average Bonchev–Trinajstić information content (AvgIpc) is 3.21. The lowest BCUT2D eigenvalue weighted by atomic mass is 9.91. The Kier molecular flexibility index (Phi) is 5.31. The summed E-state index contributed by atoms with van der Waals surface area (Å²) in [6.45, 7) is 4.14. The van der Waals surface area contributed by atoms with Crippen LogP contribution in [-0.4, -0.2) is 52.7 Å². The van der Waals surface area contributed by atoms with Crippen molar-refractivity contribution in [2.24, 2.45) is 11.3 Å². The van der Waals surface area contributed by atoms with E-state index in [2.05, 4.69) is 22.3 Å². The molecule has 1 aromatic carbocycles. The van der Waals surface area contributed by atoms with E-state index in [1.54, 1.807) is 0 Å². The van der Waals surface area contributed by atoms with E-state index >= 15 is 0 Å². The summed E-state index contributed by atoms with van der Waals surface area (Å²) >= 11 is 0. The molecule has 2 fully saturated rings. The van der Waals surface area contributed by atoms with Crippen LogP contribution in [0, 0.1) is 23.0 Å². The lowest BCUT2D eigenvalue weighted by Crippen LogP contribution is -2.54. The van der Waals surface area contributed by atoms with Gasteiger partial charge in [-0.15, -0.1) is 0 Å². The SMILES string of the molecule is CC1(CN2CC[C@@H](NC(=O)c3cc(-c4ccc(F)cc4F)on3)[C@H](C(=O)O)C2)CC1. The smallest absolute Gasteiger partial charge is 0.309 e. The lowest BCUT2D eigenvalue weighted by Gasteiger charge is -2.37. The highest BCUT2D eigenvalue weighted by Crippen LogP contribution is 2.45. The number of carboxylic acid groups (broad SMARTS) is 1. The lowest BCUT2D eigenvalue weighted by molar-refractivity contribution is -0.144. The van der Waals surface area contributed by atoms with Gasteiger partial charge in [0, 0.05) is 37.8 Å². The monoisotopic (exact) mass is 419 g/mol. The molecule has 2 N–H and O–H groups in total. The molecule has 0 radical (unpaired) electrons. The summed E-state index contributed by atoms with van der Waals surface area (Å²) in [5, 5.41) is 16.0. The van der Waals surface area contributed by atoms with Crippen molar-refractivity contribution in [1.82, 2.24) is 15.4 Å². The first kappa shape index (κ1) is 20.5. The molecule has 160 valence electrons. The number of benzene rings is 1. The molecule has 2 aliphatic rings. The van der Waals surface area contributed by atoms with Crippen LogP contribution in [-0.2, 0) is 4.79 Å². The van der Waals surface area contributed by atoms with Gasteiger partial charge < -0.3 is 19.8 Å². The fourth-order valence-corrected chi connectivity index (χ4v) is 3.94. The number of aromatic nitrogens is 1. The van der Waals surface area contributed by atoms with Gasteiger partial charge in [0.15, 0.2) is 11.5 Å². The number of halogens is 2. The molecule has 1 aromatic heterocycles. The molecule has 0 unspecified atom stereocenters. The van der Waals surface area contributed by atoms with Crippen LogP contribution in [0.5, 0.6) is 0 Å². The maximum Gasteiger partial charge on any atom is 0.309 e. The summed E-state index contributed by atoms with van der Waals surface area (Å²) in [4.78, 5) is 26.5. The molecule has 1 saturated carbocycles. The molecule has 7 nitrogen and oxygen atoms in total. The zero-order valence-corrected chi connectivity index (χ0v) is 16.5. The largest absolute Gasteiger partial charge is 0.481 e. The summed E-state index contributed by atoms with van der Waals surface area (Å²) in [6.07, 6.45) is 2.82. The Labute approximate surface area is 172 Å². The van der Waals surface area contributed by atoms with E-state index in [4.69, 9.17) is 4.52 Å². The van der Waals surface area contributed by atoms with Crippen LogP contribution in [0.4, 0.5) is 8.78 Å². The van der Waals surface area contributed by atoms with E-state index < -0.39 is 35.5 Å². The van der Waals surface area contributed by atoms with Crippen molar-refractivity contribution in [2.45, 2.75) is 32.2 Å². The highest BCUT2D eigenvalue weighted by molar-refractivity contribution is 5.93. The molecule has 0 bridgehead atoms. The van der Waals surface area contributed by atoms with Crippen LogP contribution < -0.4 is 5.32 Å². The second-order valence-electron chi connectivity index (χ2n) is 8.56. The summed E-state index contributed by atoms with van der Waals surface area (Å²) in [6, 6.07) is 3.70. The van der Waals surface area contributed by atoms with Crippen molar-refractivity contribution in [2.75, 3.05) is 19.6 Å². The van der Waals surface area contributed by atoms with E-state index in [1.807, 2.05) is 0 Å². The topological polar surface area (TPSA) is 95.7 Å². The van der Waals surface area contributed by atoms with Crippen molar-refractivity contribution >= 4 is 11.9 Å². The second kappa shape index (κ2) is 7.79. The van der Waals surface area contributed by atoms with E-state index in [0.29, 0.717) is 25.6 Å². The molecular formula is C21H23F2N3O4. The Balaban J connectivity index is 1.43. The van der Waals surface area contributed by atoms with Gasteiger partial charge in [-0.3, -0.25) is 9.59 Å². The predicted octanol–water partition coefficient (Wildman–Crippen LogP) is 2.92. The third kappa shape index (κ3) is 4.35. The molecule has 4 rings (SSSR count). The number of rotatable bonds is 6. The first-order chi connectivity index (χ1) is 14.2. The van der Waals surface area contributed by atoms with Gasteiger partial charge in [-0.05, 0) is 36.8 Å². The first-order valence-corrected chi connectivity index (χ1v) is 9.92. The highest BCUT2D eigenvalue weighted by Gasteiger charge is 2.42. The van der Waals surface area contributed by atoms with Crippen molar-refractivity contribution in [3.05, 3.63) is 41.6 Å². The fraction of sp³-hybridized carbons (Fsp3) is 0.476. The highest BCUT2D eigenvalue weighted by atomic mass is 19.1. The number of piperidine rings is 1. The summed E-state index contributed by atoms with van der Waals surface area (Å²) in [5.41, 5.74) is 0.172. The minimum atomic E-state index is -0.958. The Morgan fingerprint density at radius 1 is 1.33 bits per heavy atom. The Hall–Kier alpha value is -2.81. The van der Waals surface area contributed by atoms with Gasteiger partial charge >= 0.3 is 5.97 Å². The van der Waals surface area contributed by atoms with Crippen LogP contribution in [0.25, 0.3) is 11.3 Å². The number of carbonyl (C=O) groups excluding carboxylic acids is 1.